The van der Waals surface area contributed by atoms with Crippen molar-refractivity contribution in [3.63, 3.8) is 0 Å². The summed E-state index contributed by atoms with van der Waals surface area (Å²) in [6.45, 7) is 2.67. The number of aliphatic hydroxyl groups is 1. The van der Waals surface area contributed by atoms with Gasteiger partial charge in [-0.3, -0.25) is 4.90 Å². The molecule has 1 aromatic carbocycles. The molecule has 0 amide bonds. The molecule has 4 N–H and O–H groups in total. The Morgan fingerprint density at radius 3 is 2.80 bits per heavy atom. The van der Waals surface area contributed by atoms with Crippen molar-refractivity contribution in [2.45, 2.75) is 50.6 Å². The van der Waals surface area contributed by atoms with Crippen LogP contribution in [0.5, 0.6) is 0 Å². The van der Waals surface area contributed by atoms with Crippen LogP contribution in [-0.4, -0.2) is 54.5 Å². The third-order valence-electron chi connectivity index (χ3n) is 5.40. The maximum Gasteiger partial charge on any atom is 0.133 e. The van der Waals surface area contributed by atoms with Gasteiger partial charge in [-0.25, -0.2) is 0 Å². The monoisotopic (exact) mass is 416 g/mol. The standard InChI is InChI=1S/C21H32N6O3/c22-9-5-11-24-20-7-6-17(15-21(20)26-30)23-10-3-1-2-4-12-27-13-8-18(25-29)14-19(27)16-28/h5-7,9,11,15,18-19,22-24,28H,1-4,8,10,12-14,16H2/b11-5-,22-9?/t18?,19-/m0/s1. The van der Waals surface area contributed by atoms with E-state index in [-0.39, 0.29) is 18.7 Å². The summed E-state index contributed by atoms with van der Waals surface area (Å²) < 4.78 is 0. The fraction of sp³-hybridized carbons (Fsp3) is 0.571. The van der Waals surface area contributed by atoms with Crippen LogP contribution in [0.2, 0.25) is 0 Å². The average molecular weight is 417 g/mol. The number of aliphatic hydroxyl groups excluding tert-OH is 1. The number of piperidine rings is 1. The van der Waals surface area contributed by atoms with E-state index >= 15 is 0 Å². The number of hydrogen-bond donors (Lipinski definition) is 4. The lowest BCUT2D eigenvalue weighted by atomic mass is 9.98. The van der Waals surface area contributed by atoms with Crippen molar-refractivity contribution in [3.05, 3.63) is 40.3 Å². The number of benzene rings is 1. The first-order chi connectivity index (χ1) is 14.7. The lowest BCUT2D eigenvalue weighted by Crippen LogP contribution is -2.46. The van der Waals surface area contributed by atoms with Crippen LogP contribution in [0.3, 0.4) is 0 Å². The van der Waals surface area contributed by atoms with E-state index < -0.39 is 0 Å². The SMILES string of the molecule is N=C/C=C\Nc1ccc(NCCCCCCN2CCC(N=O)C[C@H]2CO)cc1N=O. The first-order valence-electron chi connectivity index (χ1n) is 10.5. The molecule has 0 bridgehead atoms. The highest BCUT2D eigenvalue weighted by molar-refractivity contribution is 5.73. The first kappa shape index (κ1) is 23.6. The van der Waals surface area contributed by atoms with Gasteiger partial charge in [0, 0.05) is 37.2 Å². The topological polar surface area (TPSA) is 130 Å². The maximum absolute atomic E-state index is 11.0. The van der Waals surface area contributed by atoms with Gasteiger partial charge in [0.25, 0.3) is 0 Å². The minimum atomic E-state index is -0.150. The highest BCUT2D eigenvalue weighted by Crippen LogP contribution is 2.28. The van der Waals surface area contributed by atoms with E-state index in [2.05, 4.69) is 25.9 Å². The van der Waals surface area contributed by atoms with Crippen molar-refractivity contribution in [2.24, 2.45) is 10.4 Å². The number of nitrogens with zero attached hydrogens (tertiary/aromatic N) is 3. The minimum Gasteiger partial charge on any atom is -0.395 e. The Bertz CT molecular complexity index is 712. The molecular weight excluding hydrogens is 384 g/mol. The molecule has 0 aromatic heterocycles. The van der Waals surface area contributed by atoms with Gasteiger partial charge in [-0.1, -0.05) is 18.0 Å². The third kappa shape index (κ3) is 7.64. The third-order valence-corrected chi connectivity index (χ3v) is 5.40. The predicted octanol–water partition coefficient (Wildman–Crippen LogP) is 4.22. The summed E-state index contributed by atoms with van der Waals surface area (Å²) in [6, 6.07) is 5.29. The highest BCUT2D eigenvalue weighted by Gasteiger charge is 2.27. The van der Waals surface area contributed by atoms with Gasteiger partial charge in [0.2, 0.25) is 0 Å². The van der Waals surface area contributed by atoms with Crippen LogP contribution in [0.25, 0.3) is 0 Å². The zero-order chi connectivity index (χ0) is 21.6. The number of nitroso groups, excluding NO2 is 2. The Kier molecular flexibility index (Phi) is 10.7. The number of allylic oxidation sites excluding steroid dienone is 1. The van der Waals surface area contributed by atoms with Crippen LogP contribution in [0.1, 0.15) is 38.5 Å². The van der Waals surface area contributed by atoms with Crippen LogP contribution in [0, 0.1) is 15.2 Å². The quantitative estimate of drug-likeness (QED) is 0.204. The molecule has 0 radical (unpaired) electrons. The molecule has 1 saturated heterocycles. The van der Waals surface area contributed by atoms with Gasteiger partial charge in [-0.2, -0.15) is 4.91 Å². The zero-order valence-electron chi connectivity index (χ0n) is 17.3. The molecule has 30 heavy (non-hydrogen) atoms. The smallest absolute Gasteiger partial charge is 0.133 e. The largest absolute Gasteiger partial charge is 0.395 e. The van der Waals surface area contributed by atoms with Crippen LogP contribution >= 0.6 is 0 Å². The minimum absolute atomic E-state index is 0.0572. The molecule has 164 valence electrons. The summed E-state index contributed by atoms with van der Waals surface area (Å²) in [5, 5.41) is 28.9. The summed E-state index contributed by atoms with van der Waals surface area (Å²) in [5.74, 6) is 0. The van der Waals surface area contributed by atoms with Crippen molar-refractivity contribution in [1.82, 2.24) is 4.90 Å². The predicted molar refractivity (Wildman–Crippen MR) is 122 cm³/mol. The molecule has 9 nitrogen and oxygen atoms in total. The van der Waals surface area contributed by atoms with E-state index in [9.17, 15) is 14.9 Å². The molecule has 2 atom stereocenters. The molecule has 1 fully saturated rings. The normalized spacial score (nSPS) is 19.5. The van der Waals surface area contributed by atoms with Gasteiger partial charge in [-0.05, 0) is 61.7 Å². The van der Waals surface area contributed by atoms with Gasteiger partial charge in [-0.15, -0.1) is 4.91 Å². The second-order valence-corrected chi connectivity index (χ2v) is 7.49. The molecule has 2 rings (SSSR count). The zero-order valence-corrected chi connectivity index (χ0v) is 17.3. The summed E-state index contributed by atoms with van der Waals surface area (Å²) in [7, 11) is 0. The molecule has 1 aromatic rings. The van der Waals surface area contributed by atoms with Gasteiger partial charge in [0.15, 0.2) is 0 Å². The van der Waals surface area contributed by atoms with Crippen molar-refractivity contribution in [3.8, 4) is 0 Å². The number of likely N-dealkylation sites (tertiary alicyclic amines) is 1. The van der Waals surface area contributed by atoms with E-state index in [1.165, 1.54) is 6.08 Å². The number of rotatable bonds is 14. The summed E-state index contributed by atoms with van der Waals surface area (Å²) in [5.41, 5.74) is 1.77. The highest BCUT2D eigenvalue weighted by atomic mass is 16.3. The van der Waals surface area contributed by atoms with E-state index in [1.807, 2.05) is 6.07 Å². The second-order valence-electron chi connectivity index (χ2n) is 7.49. The number of anilines is 2. The molecular formula is C21H32N6O3. The Hall–Kier alpha value is -2.65. The van der Waals surface area contributed by atoms with E-state index in [4.69, 9.17) is 5.41 Å². The molecule has 0 aliphatic carbocycles. The molecule has 9 heteroatoms. The molecule has 0 spiro atoms. The fourth-order valence-electron chi connectivity index (χ4n) is 3.71. The summed E-state index contributed by atoms with van der Waals surface area (Å²) in [4.78, 5) is 24.0. The molecule has 1 unspecified atom stereocenters. The van der Waals surface area contributed by atoms with Crippen LogP contribution < -0.4 is 10.6 Å². The Labute approximate surface area is 177 Å². The number of nitrogens with one attached hydrogen (secondary N) is 3. The number of unbranched alkanes of at least 4 members (excludes halogenated alkanes) is 3. The van der Waals surface area contributed by atoms with Crippen LogP contribution in [0.15, 0.2) is 40.8 Å². The Morgan fingerprint density at radius 2 is 2.07 bits per heavy atom. The Morgan fingerprint density at radius 1 is 1.23 bits per heavy atom. The molecule has 1 aliphatic rings. The number of hydrogen-bond acceptors (Lipinski definition) is 9. The molecule has 1 heterocycles. The van der Waals surface area contributed by atoms with Crippen LogP contribution in [-0.2, 0) is 0 Å². The van der Waals surface area contributed by atoms with E-state index in [0.717, 1.165) is 63.6 Å². The fourth-order valence-corrected chi connectivity index (χ4v) is 3.71. The summed E-state index contributed by atoms with van der Waals surface area (Å²) >= 11 is 0. The first-order valence-corrected chi connectivity index (χ1v) is 10.5. The van der Waals surface area contributed by atoms with Gasteiger partial charge < -0.3 is 21.1 Å². The summed E-state index contributed by atoms with van der Waals surface area (Å²) in [6.07, 6.45) is 9.98. The lowest BCUT2D eigenvalue weighted by Gasteiger charge is -2.36. The molecule has 1 aliphatic heterocycles. The van der Waals surface area contributed by atoms with Gasteiger partial charge in [0.05, 0.1) is 18.3 Å². The van der Waals surface area contributed by atoms with Gasteiger partial charge >= 0.3 is 0 Å². The van der Waals surface area contributed by atoms with Gasteiger partial charge in [0.1, 0.15) is 5.69 Å². The average Bonchev–Trinajstić information content (AvgIpc) is 2.79. The van der Waals surface area contributed by atoms with E-state index in [1.54, 1.807) is 18.3 Å². The maximum atomic E-state index is 11.0. The van der Waals surface area contributed by atoms with Crippen molar-refractivity contribution >= 4 is 23.3 Å². The lowest BCUT2D eigenvalue weighted by molar-refractivity contribution is 0.0805. The molecule has 0 saturated carbocycles. The van der Waals surface area contributed by atoms with Crippen molar-refractivity contribution in [2.75, 3.05) is 36.9 Å². The van der Waals surface area contributed by atoms with Crippen molar-refractivity contribution < 1.29 is 5.11 Å². The Balaban J connectivity index is 1.63. The van der Waals surface area contributed by atoms with Crippen molar-refractivity contribution in [1.29, 1.82) is 5.41 Å². The second kappa shape index (κ2) is 13.6. The van der Waals surface area contributed by atoms with E-state index in [0.29, 0.717) is 17.8 Å². The van der Waals surface area contributed by atoms with Crippen LogP contribution in [0.4, 0.5) is 17.1 Å².